The van der Waals surface area contributed by atoms with Crippen molar-refractivity contribution < 1.29 is 19.4 Å². The van der Waals surface area contributed by atoms with Gasteiger partial charge < -0.3 is 20.1 Å². The third-order valence-electron chi connectivity index (χ3n) is 5.71. The van der Waals surface area contributed by atoms with E-state index in [4.69, 9.17) is 16.3 Å². The third-order valence-corrected chi connectivity index (χ3v) is 6.04. The highest BCUT2D eigenvalue weighted by molar-refractivity contribution is 6.33. The molecule has 4 rings (SSSR count). The monoisotopic (exact) mass is 490 g/mol. The molecule has 0 spiro atoms. The number of hydrogen-bond donors (Lipinski definition) is 2. The van der Waals surface area contributed by atoms with Crippen molar-refractivity contribution in [3.05, 3.63) is 112 Å². The Kier molecular flexibility index (Phi) is 7.73. The topological polar surface area (TPSA) is 78.9 Å². The third kappa shape index (κ3) is 6.64. The number of aliphatic carboxylic acids is 1. The second-order valence-corrected chi connectivity index (χ2v) is 8.95. The second-order valence-electron chi connectivity index (χ2n) is 8.54. The highest BCUT2D eigenvalue weighted by atomic mass is 35.5. The molecule has 6 nitrogen and oxygen atoms in total. The van der Waals surface area contributed by atoms with Crippen LogP contribution in [0.15, 0.2) is 90.3 Å². The molecule has 1 aliphatic carbocycles. The Morgan fingerprint density at radius 3 is 2.26 bits per heavy atom. The summed E-state index contributed by atoms with van der Waals surface area (Å²) in [7, 11) is 2.02. The fraction of sp³-hybridized carbons (Fsp3) is 0.214. The van der Waals surface area contributed by atoms with Gasteiger partial charge in [0.25, 0.3) is 5.91 Å². The van der Waals surface area contributed by atoms with E-state index in [-0.39, 0.29) is 17.0 Å². The highest BCUT2D eigenvalue weighted by Crippen LogP contribution is 2.34. The van der Waals surface area contributed by atoms with Crippen LogP contribution in [0.3, 0.4) is 0 Å². The molecule has 0 aliphatic heterocycles. The lowest BCUT2D eigenvalue weighted by Crippen LogP contribution is -2.42. The van der Waals surface area contributed by atoms with Gasteiger partial charge in [-0.25, -0.2) is 4.79 Å². The average Bonchev–Trinajstić information content (AvgIpc) is 3.69. The van der Waals surface area contributed by atoms with Gasteiger partial charge in [-0.1, -0.05) is 66.2 Å². The molecular weight excluding hydrogens is 464 g/mol. The van der Waals surface area contributed by atoms with Crippen molar-refractivity contribution in [2.45, 2.75) is 31.8 Å². The molecule has 3 aromatic rings. The number of benzene rings is 3. The Labute approximate surface area is 209 Å². The van der Waals surface area contributed by atoms with Crippen molar-refractivity contribution in [2.24, 2.45) is 0 Å². The molecule has 35 heavy (non-hydrogen) atoms. The fourth-order valence-corrected chi connectivity index (χ4v) is 3.97. The Balaban J connectivity index is 1.40. The van der Waals surface area contributed by atoms with Crippen LogP contribution in [0.1, 0.15) is 34.3 Å². The Bertz CT molecular complexity index is 1220. The molecule has 1 fully saturated rings. The minimum absolute atomic E-state index is 0.133. The summed E-state index contributed by atoms with van der Waals surface area (Å²) in [5, 5.41) is 12.5. The predicted octanol–water partition coefficient (Wildman–Crippen LogP) is 5.28. The van der Waals surface area contributed by atoms with Crippen molar-refractivity contribution in [2.75, 3.05) is 7.05 Å². The molecular formula is C28H27ClN2O4. The van der Waals surface area contributed by atoms with Crippen LogP contribution in [-0.4, -0.2) is 35.0 Å². The van der Waals surface area contributed by atoms with E-state index < -0.39 is 17.9 Å². The lowest BCUT2D eigenvalue weighted by atomic mass is 10.1. The first kappa shape index (κ1) is 24.4. The number of rotatable bonds is 10. The van der Waals surface area contributed by atoms with E-state index in [9.17, 15) is 14.7 Å². The van der Waals surface area contributed by atoms with E-state index in [1.807, 2.05) is 49.5 Å². The van der Waals surface area contributed by atoms with Gasteiger partial charge in [-0.2, -0.15) is 0 Å². The highest BCUT2D eigenvalue weighted by Gasteiger charge is 2.24. The summed E-state index contributed by atoms with van der Waals surface area (Å²) < 4.78 is 6.22. The maximum absolute atomic E-state index is 12.5. The molecule has 7 heteroatoms. The van der Waals surface area contributed by atoms with Crippen LogP contribution in [0.25, 0.3) is 0 Å². The maximum atomic E-state index is 12.5. The molecule has 3 aromatic carbocycles. The van der Waals surface area contributed by atoms with Crippen LogP contribution >= 0.6 is 11.6 Å². The van der Waals surface area contributed by atoms with Crippen LogP contribution in [0.4, 0.5) is 0 Å². The van der Waals surface area contributed by atoms with Gasteiger partial charge in [0.1, 0.15) is 11.8 Å². The SMILES string of the molecule is CN(Cc1ccccc1)C(Oc1ccc(C[C@H](NC(=O)c2ccccc2Cl)C(=O)O)cc1)=C1CC1. The van der Waals surface area contributed by atoms with Crippen LogP contribution in [0.5, 0.6) is 5.75 Å². The Morgan fingerprint density at radius 2 is 1.63 bits per heavy atom. The van der Waals surface area contributed by atoms with Crippen molar-refractivity contribution in [1.29, 1.82) is 0 Å². The quantitative estimate of drug-likeness (QED) is 0.378. The van der Waals surface area contributed by atoms with Gasteiger partial charge in [0, 0.05) is 20.0 Å². The molecule has 1 aliphatic rings. The number of ether oxygens (including phenoxy) is 1. The smallest absolute Gasteiger partial charge is 0.326 e. The number of halogens is 1. The molecule has 1 saturated carbocycles. The standard InChI is InChI=1S/C28H27ClN2O4/c1-31(18-20-7-3-2-4-8-20)27(21-13-14-21)35-22-15-11-19(12-16-22)17-25(28(33)34)30-26(32)23-9-5-6-10-24(23)29/h2-12,15-16,25H,13-14,17-18H2,1H3,(H,30,32)(H,33,34)/t25-/m0/s1. The number of carboxylic acid groups (broad SMARTS) is 1. The van der Waals surface area contributed by atoms with Gasteiger partial charge in [0.05, 0.1) is 10.6 Å². The predicted molar refractivity (Wildman–Crippen MR) is 135 cm³/mol. The molecule has 1 atom stereocenters. The summed E-state index contributed by atoms with van der Waals surface area (Å²) >= 11 is 6.07. The van der Waals surface area contributed by atoms with Crippen molar-refractivity contribution in [3.8, 4) is 5.75 Å². The summed E-state index contributed by atoms with van der Waals surface area (Å²) in [5.74, 6) is -0.105. The van der Waals surface area contributed by atoms with Gasteiger partial charge >= 0.3 is 5.97 Å². The molecule has 0 heterocycles. The van der Waals surface area contributed by atoms with Crippen LogP contribution in [0, 0.1) is 0 Å². The van der Waals surface area contributed by atoms with Crippen LogP contribution < -0.4 is 10.1 Å². The fourth-order valence-electron chi connectivity index (χ4n) is 3.75. The summed E-state index contributed by atoms with van der Waals surface area (Å²) in [6.45, 7) is 0.739. The number of allylic oxidation sites excluding steroid dienone is 1. The number of hydrogen-bond acceptors (Lipinski definition) is 4. The minimum Gasteiger partial charge on any atom is -0.480 e. The summed E-state index contributed by atoms with van der Waals surface area (Å²) in [6, 6.07) is 22.9. The van der Waals surface area contributed by atoms with E-state index in [1.165, 1.54) is 11.1 Å². The van der Waals surface area contributed by atoms with Crippen molar-refractivity contribution in [3.63, 3.8) is 0 Å². The number of amides is 1. The number of carbonyl (C=O) groups is 2. The first-order chi connectivity index (χ1) is 16.9. The molecule has 0 unspecified atom stereocenters. The van der Waals surface area contributed by atoms with Gasteiger partial charge in [-0.05, 0) is 53.8 Å². The van der Waals surface area contributed by atoms with Crippen molar-refractivity contribution >= 4 is 23.5 Å². The van der Waals surface area contributed by atoms with E-state index >= 15 is 0 Å². The summed E-state index contributed by atoms with van der Waals surface area (Å²) in [6.07, 6.45) is 2.18. The average molecular weight is 491 g/mol. The number of nitrogens with zero attached hydrogens (tertiary/aromatic N) is 1. The number of carbonyl (C=O) groups excluding carboxylic acids is 1. The number of nitrogens with one attached hydrogen (secondary N) is 1. The zero-order valence-electron chi connectivity index (χ0n) is 19.4. The second kappa shape index (κ2) is 11.1. The normalized spacial score (nSPS) is 13.0. The molecule has 0 saturated heterocycles. The summed E-state index contributed by atoms with van der Waals surface area (Å²) in [5.41, 5.74) is 3.49. The largest absolute Gasteiger partial charge is 0.480 e. The van der Waals surface area contributed by atoms with Crippen LogP contribution in [-0.2, 0) is 17.8 Å². The lowest BCUT2D eigenvalue weighted by molar-refractivity contribution is -0.139. The van der Waals surface area contributed by atoms with Crippen molar-refractivity contribution in [1.82, 2.24) is 10.2 Å². The zero-order chi connectivity index (χ0) is 24.8. The molecule has 0 bridgehead atoms. The van der Waals surface area contributed by atoms with Gasteiger partial charge in [-0.15, -0.1) is 0 Å². The minimum atomic E-state index is -1.12. The Hall–Kier alpha value is -3.77. The van der Waals surface area contributed by atoms with Crippen LogP contribution in [0.2, 0.25) is 5.02 Å². The van der Waals surface area contributed by atoms with E-state index in [2.05, 4.69) is 22.3 Å². The lowest BCUT2D eigenvalue weighted by Gasteiger charge is -2.23. The van der Waals surface area contributed by atoms with Gasteiger partial charge in [-0.3, -0.25) is 4.79 Å². The maximum Gasteiger partial charge on any atom is 0.326 e. The molecule has 0 radical (unpaired) electrons. The number of carboxylic acids is 1. The van der Waals surface area contributed by atoms with E-state index in [0.29, 0.717) is 5.75 Å². The van der Waals surface area contributed by atoms with E-state index in [1.54, 1.807) is 24.3 Å². The van der Waals surface area contributed by atoms with E-state index in [0.717, 1.165) is 30.8 Å². The summed E-state index contributed by atoms with van der Waals surface area (Å²) in [4.78, 5) is 26.4. The van der Waals surface area contributed by atoms with Gasteiger partial charge in [0.2, 0.25) is 0 Å². The first-order valence-corrected chi connectivity index (χ1v) is 11.8. The molecule has 180 valence electrons. The molecule has 2 N–H and O–H groups in total. The van der Waals surface area contributed by atoms with Gasteiger partial charge in [0.15, 0.2) is 5.88 Å². The molecule has 0 aromatic heterocycles. The first-order valence-electron chi connectivity index (χ1n) is 11.4. The zero-order valence-corrected chi connectivity index (χ0v) is 20.2. The molecule has 1 amide bonds. The Morgan fingerprint density at radius 1 is 0.971 bits per heavy atom.